The SMILES string of the molecule is CC/C=C\C/C=C\C/C=C\CCCCCCCC(=O)OC(COC(=O)CCCCCCC)COC(=O)CCCCCCCCCCCCCCCCC/C=C\CCCCCCCCCC. The van der Waals surface area contributed by atoms with Gasteiger partial charge in [-0.05, 0) is 77.0 Å². The lowest BCUT2D eigenvalue weighted by molar-refractivity contribution is -0.167. The van der Waals surface area contributed by atoms with Gasteiger partial charge in [-0.3, -0.25) is 14.4 Å². The number of rotatable bonds is 51. The summed E-state index contributed by atoms with van der Waals surface area (Å²) in [4.78, 5) is 37.7. The normalized spacial score (nSPS) is 12.4. The van der Waals surface area contributed by atoms with Crippen molar-refractivity contribution in [2.45, 2.75) is 297 Å². The van der Waals surface area contributed by atoms with Crippen molar-refractivity contribution in [2.24, 2.45) is 0 Å². The lowest BCUT2D eigenvalue weighted by Crippen LogP contribution is -2.30. The number of esters is 3. The smallest absolute Gasteiger partial charge is 0.306 e. The van der Waals surface area contributed by atoms with Crippen LogP contribution >= 0.6 is 0 Å². The summed E-state index contributed by atoms with van der Waals surface area (Å²) in [5, 5.41) is 0. The highest BCUT2D eigenvalue weighted by Crippen LogP contribution is 2.16. The van der Waals surface area contributed by atoms with Crippen molar-refractivity contribution in [3.05, 3.63) is 48.6 Å². The minimum Gasteiger partial charge on any atom is -0.462 e. The van der Waals surface area contributed by atoms with Crippen molar-refractivity contribution < 1.29 is 28.6 Å². The largest absolute Gasteiger partial charge is 0.462 e. The van der Waals surface area contributed by atoms with Crippen LogP contribution in [0.4, 0.5) is 0 Å². The second-order valence-electron chi connectivity index (χ2n) is 18.8. The number of carbonyl (C=O) groups is 3. The summed E-state index contributed by atoms with van der Waals surface area (Å²) in [6, 6.07) is 0. The van der Waals surface area contributed by atoms with E-state index in [9.17, 15) is 14.4 Å². The van der Waals surface area contributed by atoms with Gasteiger partial charge in [0.25, 0.3) is 0 Å². The van der Waals surface area contributed by atoms with Gasteiger partial charge in [-0.2, -0.15) is 0 Å². The highest BCUT2D eigenvalue weighted by atomic mass is 16.6. The molecule has 0 fully saturated rings. The molecule has 0 saturated heterocycles. The number of unbranched alkanes of at least 4 members (excludes halogenated alkanes) is 32. The summed E-state index contributed by atoms with van der Waals surface area (Å²) < 4.78 is 16.7. The molecule has 0 aromatic carbocycles. The molecular weight excluding hydrogens is 805 g/mol. The summed E-state index contributed by atoms with van der Waals surface area (Å²) >= 11 is 0. The molecule has 6 heteroatoms. The Morgan fingerprint density at radius 1 is 0.323 bits per heavy atom. The van der Waals surface area contributed by atoms with Crippen LogP contribution in [-0.4, -0.2) is 37.2 Å². The Labute approximate surface area is 403 Å². The number of allylic oxidation sites excluding steroid dienone is 8. The second kappa shape index (κ2) is 54.0. The molecule has 0 aliphatic carbocycles. The minimum atomic E-state index is -0.776. The first-order valence-corrected chi connectivity index (χ1v) is 28.1. The first kappa shape index (κ1) is 62.4. The van der Waals surface area contributed by atoms with Gasteiger partial charge in [0, 0.05) is 19.3 Å². The molecule has 1 atom stereocenters. The average molecular weight is 911 g/mol. The van der Waals surface area contributed by atoms with Crippen LogP contribution in [0.15, 0.2) is 48.6 Å². The fourth-order valence-electron chi connectivity index (χ4n) is 8.10. The predicted octanol–water partition coefficient (Wildman–Crippen LogP) is 18.7. The molecular formula is C59H106O6. The zero-order valence-corrected chi connectivity index (χ0v) is 43.3. The van der Waals surface area contributed by atoms with Crippen molar-refractivity contribution in [3.8, 4) is 0 Å². The van der Waals surface area contributed by atoms with Gasteiger partial charge >= 0.3 is 17.9 Å². The molecule has 0 aromatic heterocycles. The Balaban J connectivity index is 4.01. The van der Waals surface area contributed by atoms with Crippen LogP contribution in [0.3, 0.4) is 0 Å². The Morgan fingerprint density at radius 3 is 0.954 bits per heavy atom. The summed E-state index contributed by atoms with van der Waals surface area (Å²) in [7, 11) is 0. The van der Waals surface area contributed by atoms with E-state index in [2.05, 4.69) is 69.4 Å². The quantitative estimate of drug-likeness (QED) is 0.0262. The standard InChI is InChI=1S/C59H106O6/c1-4-7-10-13-15-17-19-21-23-24-25-26-27-28-29-30-31-32-33-34-36-37-39-41-43-46-49-52-58(61)64-55-56(54-63-57(60)51-48-45-12-9-6-3)65-59(62)53-50-47-44-42-40-38-35-22-20-18-16-14-11-8-5-2/h8,11,16,18,22,24-25,35,56H,4-7,9-10,12-15,17,19-21,23,26-34,36-55H2,1-3H3/b11-8-,18-16-,25-24-,35-22-. The fraction of sp³-hybridized carbons (Fsp3) is 0.814. The lowest BCUT2D eigenvalue weighted by Gasteiger charge is -2.18. The van der Waals surface area contributed by atoms with E-state index in [4.69, 9.17) is 14.2 Å². The molecule has 0 heterocycles. The molecule has 0 bridgehead atoms. The summed E-state index contributed by atoms with van der Waals surface area (Å²) in [6.07, 6.45) is 65.9. The monoisotopic (exact) mass is 911 g/mol. The van der Waals surface area contributed by atoms with Gasteiger partial charge in [0.05, 0.1) is 0 Å². The molecule has 0 amide bonds. The van der Waals surface area contributed by atoms with Gasteiger partial charge in [-0.25, -0.2) is 0 Å². The Morgan fingerprint density at radius 2 is 0.600 bits per heavy atom. The molecule has 0 N–H and O–H groups in total. The number of ether oxygens (including phenoxy) is 3. The highest BCUT2D eigenvalue weighted by Gasteiger charge is 2.19. The zero-order chi connectivity index (χ0) is 47.2. The Kier molecular flexibility index (Phi) is 51.8. The van der Waals surface area contributed by atoms with Gasteiger partial charge in [-0.15, -0.1) is 0 Å². The molecule has 378 valence electrons. The molecule has 0 aliphatic heterocycles. The molecule has 0 aliphatic rings. The topological polar surface area (TPSA) is 78.9 Å². The number of carbonyl (C=O) groups excluding carboxylic acids is 3. The lowest BCUT2D eigenvalue weighted by atomic mass is 10.0. The summed E-state index contributed by atoms with van der Waals surface area (Å²) in [5.41, 5.74) is 0. The molecule has 0 aromatic rings. The average Bonchev–Trinajstić information content (AvgIpc) is 3.30. The third-order valence-electron chi connectivity index (χ3n) is 12.3. The van der Waals surface area contributed by atoms with Crippen molar-refractivity contribution in [1.29, 1.82) is 0 Å². The van der Waals surface area contributed by atoms with Gasteiger partial charge in [0.1, 0.15) is 13.2 Å². The molecule has 0 rings (SSSR count). The summed E-state index contributed by atoms with van der Waals surface area (Å²) in [6.45, 7) is 6.45. The van der Waals surface area contributed by atoms with Crippen molar-refractivity contribution in [1.82, 2.24) is 0 Å². The maximum atomic E-state index is 12.7. The van der Waals surface area contributed by atoms with Gasteiger partial charge < -0.3 is 14.2 Å². The van der Waals surface area contributed by atoms with E-state index < -0.39 is 6.10 Å². The maximum absolute atomic E-state index is 12.7. The van der Waals surface area contributed by atoms with Crippen molar-refractivity contribution in [3.63, 3.8) is 0 Å². The van der Waals surface area contributed by atoms with Crippen LogP contribution in [0.25, 0.3) is 0 Å². The second-order valence-corrected chi connectivity index (χ2v) is 18.8. The maximum Gasteiger partial charge on any atom is 0.306 e. The van der Waals surface area contributed by atoms with E-state index in [1.165, 1.54) is 148 Å². The van der Waals surface area contributed by atoms with Crippen LogP contribution in [0.5, 0.6) is 0 Å². The van der Waals surface area contributed by atoms with E-state index in [0.717, 1.165) is 103 Å². The van der Waals surface area contributed by atoms with Crippen LogP contribution in [-0.2, 0) is 28.6 Å². The Bertz CT molecular complexity index is 1140. The van der Waals surface area contributed by atoms with Crippen LogP contribution in [0, 0.1) is 0 Å². The first-order valence-electron chi connectivity index (χ1n) is 28.1. The van der Waals surface area contributed by atoms with Gasteiger partial charge in [0.2, 0.25) is 0 Å². The third kappa shape index (κ3) is 52.2. The van der Waals surface area contributed by atoms with Crippen LogP contribution < -0.4 is 0 Å². The third-order valence-corrected chi connectivity index (χ3v) is 12.3. The van der Waals surface area contributed by atoms with Crippen molar-refractivity contribution >= 4 is 17.9 Å². The minimum absolute atomic E-state index is 0.0785. The number of hydrogen-bond donors (Lipinski definition) is 0. The molecule has 65 heavy (non-hydrogen) atoms. The van der Waals surface area contributed by atoms with Gasteiger partial charge in [0.15, 0.2) is 6.10 Å². The van der Waals surface area contributed by atoms with E-state index in [0.29, 0.717) is 19.3 Å². The first-order chi connectivity index (χ1) is 32.0. The fourth-order valence-corrected chi connectivity index (χ4v) is 8.10. The zero-order valence-electron chi connectivity index (χ0n) is 43.3. The summed E-state index contributed by atoms with van der Waals surface area (Å²) in [5.74, 6) is -0.901. The highest BCUT2D eigenvalue weighted by molar-refractivity contribution is 5.71. The van der Waals surface area contributed by atoms with E-state index in [1.54, 1.807) is 0 Å². The number of hydrogen-bond acceptors (Lipinski definition) is 6. The Hall–Kier alpha value is -2.63. The predicted molar refractivity (Wildman–Crippen MR) is 279 cm³/mol. The van der Waals surface area contributed by atoms with Gasteiger partial charge in [-0.1, -0.05) is 243 Å². The van der Waals surface area contributed by atoms with Crippen LogP contribution in [0.1, 0.15) is 290 Å². The van der Waals surface area contributed by atoms with E-state index >= 15 is 0 Å². The molecule has 0 saturated carbocycles. The molecule has 1 unspecified atom stereocenters. The molecule has 0 radical (unpaired) electrons. The van der Waals surface area contributed by atoms with Crippen molar-refractivity contribution in [2.75, 3.05) is 13.2 Å². The van der Waals surface area contributed by atoms with E-state index in [-0.39, 0.29) is 31.1 Å². The van der Waals surface area contributed by atoms with Crippen LogP contribution in [0.2, 0.25) is 0 Å². The molecule has 6 nitrogen and oxygen atoms in total. The van der Waals surface area contributed by atoms with E-state index in [1.807, 2.05) is 0 Å². The molecule has 0 spiro atoms.